The van der Waals surface area contributed by atoms with Crippen LogP contribution < -0.4 is 0 Å². The Morgan fingerprint density at radius 2 is 1.56 bits per heavy atom. The lowest BCUT2D eigenvalue weighted by molar-refractivity contribution is -0.356. The van der Waals surface area contributed by atoms with Gasteiger partial charge in [-0.25, -0.2) is 4.79 Å². The molecule has 0 radical (unpaired) electrons. The Morgan fingerprint density at radius 1 is 1.04 bits per heavy atom. The molecule has 1 aromatic carbocycles. The first kappa shape index (κ1) is 23.3. The quantitative estimate of drug-likeness (QED) is 0.321. The van der Waals surface area contributed by atoms with Gasteiger partial charge < -0.3 is 4.74 Å². The van der Waals surface area contributed by atoms with Crippen molar-refractivity contribution in [3.63, 3.8) is 0 Å². The van der Waals surface area contributed by atoms with Crippen LogP contribution >= 0.6 is 0 Å². The topological polar surface area (TPSA) is 80.7 Å². The molecule has 0 atom stereocenters. The minimum absolute atomic E-state index is 0.109. The molecule has 150 valence electrons. The van der Waals surface area contributed by atoms with Crippen LogP contribution in [0.25, 0.3) is 0 Å². The highest BCUT2D eigenvalue weighted by molar-refractivity contribution is 7.85. The maximum Gasteiger partial charge on any atom is 0.438 e. The molecule has 1 N–H and O–H groups in total. The van der Waals surface area contributed by atoms with Crippen LogP contribution in [-0.4, -0.2) is 58.3 Å². The van der Waals surface area contributed by atoms with E-state index in [4.69, 9.17) is 4.55 Å². The Balaban J connectivity index is 3.58. The van der Waals surface area contributed by atoms with Crippen LogP contribution in [0.3, 0.4) is 0 Å². The van der Waals surface area contributed by atoms with Crippen molar-refractivity contribution in [3.05, 3.63) is 34.9 Å². The molecule has 0 fully saturated rings. The molecule has 1 rings (SSSR count). The van der Waals surface area contributed by atoms with Crippen LogP contribution in [0.5, 0.6) is 0 Å². The fourth-order valence-electron chi connectivity index (χ4n) is 2.51. The summed E-state index contributed by atoms with van der Waals surface area (Å²) in [6, 6.07) is 3.76. The molecule has 27 heavy (non-hydrogen) atoms. The molecule has 14 heteroatoms. The molecule has 0 aliphatic heterocycles. The van der Waals surface area contributed by atoms with E-state index in [9.17, 15) is 39.6 Å². The van der Waals surface area contributed by atoms with Gasteiger partial charge in [0.15, 0.2) is 0 Å². The molecule has 0 saturated carbocycles. The maximum atomic E-state index is 13.2. The molecule has 0 bridgehead atoms. The van der Waals surface area contributed by atoms with Crippen molar-refractivity contribution in [1.29, 1.82) is 0 Å². The van der Waals surface area contributed by atoms with Crippen LogP contribution in [0.15, 0.2) is 18.2 Å². The van der Waals surface area contributed by atoms with Gasteiger partial charge in [0.05, 0.1) is 5.56 Å². The Morgan fingerprint density at radius 3 is 1.93 bits per heavy atom. The van der Waals surface area contributed by atoms with Gasteiger partial charge in [-0.1, -0.05) is 30.3 Å². The molecule has 1 aromatic rings. The van der Waals surface area contributed by atoms with Gasteiger partial charge in [0, 0.05) is 0 Å². The van der Waals surface area contributed by atoms with Crippen LogP contribution in [0, 0.1) is 0 Å². The lowest BCUT2D eigenvalue weighted by Crippen LogP contribution is -2.63. The number of rotatable bonds is 6. The fraction of sp³-hybridized carbons (Fsp3) is 0.462. The van der Waals surface area contributed by atoms with E-state index in [0.29, 0.717) is 11.9 Å². The Bertz CT molecular complexity index is 792. The number of hydrogen-bond donors (Lipinski definition) is 1. The molecule has 0 unspecified atom stereocenters. The summed E-state index contributed by atoms with van der Waals surface area (Å²) in [5.74, 6) is -4.91. The minimum atomic E-state index is -6.36. The number of benzene rings is 1. The standard InChI is InChI=1S/C13H14B2F6O5S/c14-4-7-2-1-3-8(9(7)5-15)10(22)26-11(12(16,17)18,13(19,20)21)6-27(23,24)25/h1-3H,4-6,14-15H2,(H,23,24,25). The van der Waals surface area contributed by atoms with Gasteiger partial charge in [-0.3, -0.25) is 4.55 Å². The second-order valence-electron chi connectivity index (χ2n) is 5.59. The summed E-state index contributed by atoms with van der Waals surface area (Å²) >= 11 is 0. The molecule has 5 nitrogen and oxygen atoms in total. The average Bonchev–Trinajstić information content (AvgIpc) is 2.49. The summed E-state index contributed by atoms with van der Waals surface area (Å²) in [6.45, 7) is 0. The molecule has 0 aliphatic rings. The first-order valence-corrected chi connectivity index (χ1v) is 9.13. The fourth-order valence-corrected chi connectivity index (χ4v) is 3.41. The highest BCUT2D eigenvalue weighted by Crippen LogP contribution is 2.47. The van der Waals surface area contributed by atoms with Gasteiger partial charge in [-0.15, -0.1) is 0 Å². The van der Waals surface area contributed by atoms with Gasteiger partial charge in [0.1, 0.15) is 21.4 Å². The summed E-state index contributed by atoms with van der Waals surface area (Å²) in [4.78, 5) is 12.2. The summed E-state index contributed by atoms with van der Waals surface area (Å²) < 4.78 is 113. The molecule has 0 aromatic heterocycles. The predicted molar refractivity (Wildman–Crippen MR) is 87.6 cm³/mol. The highest BCUT2D eigenvalue weighted by atomic mass is 32.2. The second kappa shape index (κ2) is 7.74. The van der Waals surface area contributed by atoms with Gasteiger partial charge in [0.25, 0.3) is 10.1 Å². The van der Waals surface area contributed by atoms with Crippen molar-refractivity contribution < 1.29 is 48.8 Å². The van der Waals surface area contributed by atoms with Gasteiger partial charge in [-0.05, 0) is 11.6 Å². The number of carbonyl (C=O) groups excluding carboxylic acids is 1. The largest absolute Gasteiger partial charge is 0.438 e. The summed E-state index contributed by atoms with van der Waals surface area (Å²) in [6.07, 6.45) is -12.3. The third-order valence-corrected chi connectivity index (χ3v) is 4.57. The monoisotopic (exact) mass is 418 g/mol. The van der Waals surface area contributed by atoms with Crippen molar-refractivity contribution in [3.8, 4) is 0 Å². The van der Waals surface area contributed by atoms with Crippen molar-refractivity contribution >= 4 is 31.8 Å². The molecule has 0 heterocycles. The van der Waals surface area contributed by atoms with E-state index in [0.717, 1.165) is 6.07 Å². The zero-order valence-electron chi connectivity index (χ0n) is 14.1. The first-order valence-electron chi connectivity index (χ1n) is 7.52. The number of hydrogen-bond acceptors (Lipinski definition) is 4. The van der Waals surface area contributed by atoms with E-state index in [2.05, 4.69) is 4.74 Å². The molecule has 0 aliphatic carbocycles. The van der Waals surface area contributed by atoms with Crippen molar-refractivity contribution in [2.24, 2.45) is 0 Å². The number of alkyl halides is 6. The zero-order chi connectivity index (χ0) is 21.3. The second-order valence-corrected chi connectivity index (χ2v) is 7.04. The van der Waals surface area contributed by atoms with E-state index in [1.165, 1.54) is 20.0 Å². The van der Waals surface area contributed by atoms with E-state index in [1.807, 2.05) is 0 Å². The minimum Gasteiger partial charge on any atom is -0.435 e. The summed E-state index contributed by atoms with van der Waals surface area (Å²) in [7, 11) is -2.63. The lowest BCUT2D eigenvalue weighted by Gasteiger charge is -2.35. The van der Waals surface area contributed by atoms with Gasteiger partial charge in [0.2, 0.25) is 0 Å². The average molecular weight is 418 g/mol. The third-order valence-electron chi connectivity index (χ3n) is 3.80. The van der Waals surface area contributed by atoms with E-state index in [1.54, 1.807) is 7.85 Å². The number of ether oxygens (including phenoxy) is 1. The van der Waals surface area contributed by atoms with E-state index in [-0.39, 0.29) is 11.9 Å². The maximum absolute atomic E-state index is 13.2. The number of halogens is 6. The van der Waals surface area contributed by atoms with Crippen molar-refractivity contribution in [1.82, 2.24) is 0 Å². The Hall–Kier alpha value is -1.69. The SMILES string of the molecule is BCc1cccc(C(=O)OC(CS(=O)(=O)O)(C(F)(F)F)C(F)(F)F)c1CB. The highest BCUT2D eigenvalue weighted by Gasteiger charge is 2.76. The normalized spacial score (nSPS) is 13.4. The Labute approximate surface area is 152 Å². The Kier molecular flexibility index (Phi) is 6.69. The third kappa shape index (κ3) is 4.98. The van der Waals surface area contributed by atoms with E-state index >= 15 is 0 Å². The van der Waals surface area contributed by atoms with Gasteiger partial charge >= 0.3 is 23.9 Å². The van der Waals surface area contributed by atoms with Gasteiger partial charge in [-0.2, -0.15) is 34.8 Å². The number of esters is 1. The van der Waals surface area contributed by atoms with Crippen LogP contribution in [0.2, 0.25) is 0 Å². The molecule has 0 amide bonds. The number of carbonyl (C=O) groups is 1. The van der Waals surface area contributed by atoms with Crippen molar-refractivity contribution in [2.75, 3.05) is 5.75 Å². The van der Waals surface area contributed by atoms with Crippen LogP contribution in [-0.2, 0) is 27.5 Å². The first-order chi connectivity index (χ1) is 12.1. The summed E-state index contributed by atoms with van der Waals surface area (Å²) in [5, 5.41) is 0. The van der Waals surface area contributed by atoms with Crippen molar-refractivity contribution in [2.45, 2.75) is 30.6 Å². The van der Waals surface area contributed by atoms with E-state index < -0.39 is 45.4 Å². The molecule has 0 spiro atoms. The smallest absolute Gasteiger partial charge is 0.435 e. The predicted octanol–water partition coefficient (Wildman–Crippen LogP) is 0.861. The molecular weight excluding hydrogens is 404 g/mol. The zero-order valence-corrected chi connectivity index (χ0v) is 14.9. The molecule has 0 saturated heterocycles. The van der Waals surface area contributed by atoms with Crippen LogP contribution in [0.1, 0.15) is 21.5 Å². The molecular formula is C13H14B2F6O5S. The summed E-state index contributed by atoms with van der Waals surface area (Å²) in [5.41, 5.74) is -5.29. The lowest BCUT2D eigenvalue weighted by atomic mass is 9.84. The van der Waals surface area contributed by atoms with Crippen LogP contribution in [0.4, 0.5) is 26.3 Å².